The predicted molar refractivity (Wildman–Crippen MR) is 53.0 cm³/mol. The fourth-order valence-electron chi connectivity index (χ4n) is 1.53. The Balaban J connectivity index is 2.43. The molecule has 1 aliphatic heterocycles. The van der Waals surface area contributed by atoms with Crippen LogP contribution in [0.3, 0.4) is 0 Å². The highest BCUT2D eigenvalue weighted by Crippen LogP contribution is 2.37. The molecule has 1 saturated heterocycles. The SMILES string of the molecule is COc1cc(C2CO2)cc(OC)c1C. The average molecular weight is 194 g/mol. The summed E-state index contributed by atoms with van der Waals surface area (Å²) in [5.74, 6) is 1.71. The number of methoxy groups -OCH3 is 2. The highest BCUT2D eigenvalue weighted by molar-refractivity contribution is 5.48. The monoisotopic (exact) mass is 194 g/mol. The highest BCUT2D eigenvalue weighted by atomic mass is 16.6. The molecule has 0 radical (unpaired) electrons. The van der Waals surface area contributed by atoms with Gasteiger partial charge in [0.1, 0.15) is 17.6 Å². The van der Waals surface area contributed by atoms with Crippen molar-refractivity contribution in [2.24, 2.45) is 0 Å². The van der Waals surface area contributed by atoms with Crippen molar-refractivity contribution in [2.75, 3.05) is 20.8 Å². The molecule has 1 aromatic rings. The molecule has 0 bridgehead atoms. The second kappa shape index (κ2) is 3.50. The molecule has 2 rings (SSSR count). The van der Waals surface area contributed by atoms with Crippen LogP contribution < -0.4 is 9.47 Å². The van der Waals surface area contributed by atoms with Crippen LogP contribution in [0.25, 0.3) is 0 Å². The van der Waals surface area contributed by atoms with Crippen LogP contribution in [0.2, 0.25) is 0 Å². The van der Waals surface area contributed by atoms with Crippen molar-refractivity contribution in [3.63, 3.8) is 0 Å². The lowest BCUT2D eigenvalue weighted by atomic mass is 10.1. The van der Waals surface area contributed by atoms with Crippen LogP contribution in [-0.2, 0) is 4.74 Å². The van der Waals surface area contributed by atoms with Gasteiger partial charge < -0.3 is 14.2 Å². The van der Waals surface area contributed by atoms with Gasteiger partial charge in [0.05, 0.1) is 20.8 Å². The summed E-state index contributed by atoms with van der Waals surface area (Å²) in [5.41, 5.74) is 2.16. The maximum absolute atomic E-state index is 5.27. The molecule has 0 aromatic heterocycles. The van der Waals surface area contributed by atoms with E-state index >= 15 is 0 Å². The first-order valence-corrected chi connectivity index (χ1v) is 4.60. The smallest absolute Gasteiger partial charge is 0.125 e. The molecule has 0 N–H and O–H groups in total. The standard InChI is InChI=1S/C11H14O3/c1-7-9(12-2)4-8(11-6-14-11)5-10(7)13-3/h4-5,11H,6H2,1-3H3. The quantitative estimate of drug-likeness (QED) is 0.690. The average Bonchev–Trinajstić information content (AvgIpc) is 3.02. The van der Waals surface area contributed by atoms with E-state index in [1.54, 1.807) is 14.2 Å². The van der Waals surface area contributed by atoms with Crippen LogP contribution in [0, 0.1) is 6.92 Å². The van der Waals surface area contributed by atoms with Crippen molar-refractivity contribution in [3.05, 3.63) is 23.3 Å². The molecule has 1 aliphatic rings. The van der Waals surface area contributed by atoms with Crippen LogP contribution in [0.5, 0.6) is 11.5 Å². The molecule has 0 spiro atoms. The Kier molecular flexibility index (Phi) is 2.33. The first kappa shape index (κ1) is 9.34. The van der Waals surface area contributed by atoms with E-state index in [0.29, 0.717) is 0 Å². The summed E-state index contributed by atoms with van der Waals surface area (Å²) in [6.45, 7) is 2.78. The Bertz CT molecular complexity index is 317. The molecule has 76 valence electrons. The molecular weight excluding hydrogens is 180 g/mol. The number of rotatable bonds is 3. The second-order valence-corrected chi connectivity index (χ2v) is 3.37. The maximum atomic E-state index is 5.27. The third kappa shape index (κ3) is 1.55. The lowest BCUT2D eigenvalue weighted by Gasteiger charge is -2.11. The molecule has 1 unspecified atom stereocenters. The van der Waals surface area contributed by atoms with E-state index in [1.165, 1.54) is 0 Å². The summed E-state index contributed by atoms with van der Waals surface area (Å²) in [4.78, 5) is 0. The highest BCUT2D eigenvalue weighted by Gasteiger charge is 2.26. The van der Waals surface area contributed by atoms with Crippen LogP contribution in [0.4, 0.5) is 0 Å². The van der Waals surface area contributed by atoms with Gasteiger partial charge in [0, 0.05) is 5.56 Å². The van der Waals surface area contributed by atoms with E-state index in [4.69, 9.17) is 14.2 Å². The summed E-state index contributed by atoms with van der Waals surface area (Å²) >= 11 is 0. The van der Waals surface area contributed by atoms with Crippen molar-refractivity contribution >= 4 is 0 Å². The lowest BCUT2D eigenvalue weighted by molar-refractivity contribution is 0.382. The van der Waals surface area contributed by atoms with Crippen molar-refractivity contribution < 1.29 is 14.2 Å². The zero-order valence-electron chi connectivity index (χ0n) is 8.66. The molecule has 3 heteroatoms. The van der Waals surface area contributed by atoms with E-state index in [9.17, 15) is 0 Å². The molecule has 1 fully saturated rings. The van der Waals surface area contributed by atoms with E-state index in [1.807, 2.05) is 19.1 Å². The number of ether oxygens (including phenoxy) is 3. The summed E-state index contributed by atoms with van der Waals surface area (Å²) in [7, 11) is 3.33. The van der Waals surface area contributed by atoms with Crippen molar-refractivity contribution in [3.8, 4) is 11.5 Å². The van der Waals surface area contributed by atoms with E-state index in [2.05, 4.69) is 0 Å². The summed E-state index contributed by atoms with van der Waals surface area (Å²) in [5, 5.41) is 0. The number of hydrogen-bond acceptors (Lipinski definition) is 3. The van der Waals surface area contributed by atoms with E-state index < -0.39 is 0 Å². The number of epoxide rings is 1. The Hall–Kier alpha value is -1.22. The minimum atomic E-state index is 0.235. The van der Waals surface area contributed by atoms with Gasteiger partial charge in [-0.2, -0.15) is 0 Å². The van der Waals surface area contributed by atoms with Crippen LogP contribution in [-0.4, -0.2) is 20.8 Å². The third-order valence-electron chi connectivity index (χ3n) is 2.48. The van der Waals surface area contributed by atoms with Crippen LogP contribution in [0.15, 0.2) is 12.1 Å². The first-order chi connectivity index (χ1) is 6.76. The number of benzene rings is 1. The summed E-state index contributed by atoms with van der Waals surface area (Å²) < 4.78 is 15.8. The van der Waals surface area contributed by atoms with Gasteiger partial charge in [-0.3, -0.25) is 0 Å². The Labute approximate surface area is 83.6 Å². The Morgan fingerprint density at radius 2 is 1.71 bits per heavy atom. The van der Waals surface area contributed by atoms with Crippen LogP contribution in [0.1, 0.15) is 17.2 Å². The minimum Gasteiger partial charge on any atom is -0.496 e. The zero-order valence-corrected chi connectivity index (χ0v) is 8.66. The molecule has 0 amide bonds. The molecule has 1 heterocycles. The van der Waals surface area contributed by atoms with Gasteiger partial charge in [-0.05, 0) is 24.6 Å². The molecular formula is C11H14O3. The Morgan fingerprint density at radius 3 is 2.07 bits per heavy atom. The fourth-order valence-corrected chi connectivity index (χ4v) is 1.53. The van der Waals surface area contributed by atoms with Gasteiger partial charge >= 0.3 is 0 Å². The van der Waals surface area contributed by atoms with Gasteiger partial charge in [-0.25, -0.2) is 0 Å². The second-order valence-electron chi connectivity index (χ2n) is 3.37. The third-order valence-corrected chi connectivity index (χ3v) is 2.48. The normalized spacial score (nSPS) is 19.2. The first-order valence-electron chi connectivity index (χ1n) is 4.60. The van der Waals surface area contributed by atoms with Crippen molar-refractivity contribution in [2.45, 2.75) is 13.0 Å². The summed E-state index contributed by atoms with van der Waals surface area (Å²) in [6.07, 6.45) is 0.235. The molecule has 1 atom stereocenters. The van der Waals surface area contributed by atoms with Gasteiger partial charge in [0.2, 0.25) is 0 Å². The molecule has 1 aromatic carbocycles. The topological polar surface area (TPSA) is 31.0 Å². The van der Waals surface area contributed by atoms with Crippen molar-refractivity contribution in [1.82, 2.24) is 0 Å². The molecule has 14 heavy (non-hydrogen) atoms. The number of hydrogen-bond donors (Lipinski definition) is 0. The maximum Gasteiger partial charge on any atom is 0.125 e. The lowest BCUT2D eigenvalue weighted by Crippen LogP contribution is -1.94. The van der Waals surface area contributed by atoms with Crippen molar-refractivity contribution in [1.29, 1.82) is 0 Å². The predicted octanol–water partition coefficient (Wildman–Crippen LogP) is 2.08. The molecule has 0 aliphatic carbocycles. The Morgan fingerprint density at radius 1 is 1.21 bits per heavy atom. The molecule has 3 nitrogen and oxygen atoms in total. The van der Waals surface area contributed by atoms with E-state index in [0.717, 1.165) is 29.2 Å². The zero-order chi connectivity index (χ0) is 10.1. The largest absolute Gasteiger partial charge is 0.496 e. The van der Waals surface area contributed by atoms with Gasteiger partial charge in [0.25, 0.3) is 0 Å². The minimum absolute atomic E-state index is 0.235. The molecule has 0 saturated carbocycles. The van der Waals surface area contributed by atoms with Gasteiger partial charge in [-0.1, -0.05) is 0 Å². The van der Waals surface area contributed by atoms with Gasteiger partial charge in [0.15, 0.2) is 0 Å². The van der Waals surface area contributed by atoms with Crippen LogP contribution >= 0.6 is 0 Å². The summed E-state index contributed by atoms with van der Waals surface area (Å²) in [6, 6.07) is 4.02. The van der Waals surface area contributed by atoms with Gasteiger partial charge in [-0.15, -0.1) is 0 Å². The van der Waals surface area contributed by atoms with E-state index in [-0.39, 0.29) is 6.10 Å². The fraction of sp³-hybridized carbons (Fsp3) is 0.455.